The van der Waals surface area contributed by atoms with Crippen LogP contribution in [-0.4, -0.2) is 60.6 Å². The van der Waals surface area contributed by atoms with Crippen LogP contribution in [0.2, 0.25) is 0 Å². The maximum Gasteiger partial charge on any atom is 0.276 e. The molecule has 124 valence electrons. The summed E-state index contributed by atoms with van der Waals surface area (Å²) in [5, 5.41) is 10.2. The first-order valence-electron chi connectivity index (χ1n) is 6.93. The van der Waals surface area contributed by atoms with E-state index in [-0.39, 0.29) is 23.1 Å². The predicted molar refractivity (Wildman–Crippen MR) is 77.5 cm³/mol. The molecule has 23 heavy (non-hydrogen) atoms. The smallest absolute Gasteiger partial charge is 0.276 e. The molecule has 0 saturated carbocycles. The van der Waals surface area contributed by atoms with Crippen molar-refractivity contribution >= 4 is 15.7 Å². The Hall–Kier alpha value is -2.20. The minimum Gasteiger partial charge on any atom is -0.377 e. The number of hydrogen-bond acceptors (Lipinski definition) is 7. The lowest BCUT2D eigenvalue weighted by Crippen LogP contribution is -2.44. The molecule has 0 unspecified atom stereocenters. The summed E-state index contributed by atoms with van der Waals surface area (Å²) in [4.78, 5) is 14.2. The van der Waals surface area contributed by atoms with E-state index in [9.17, 15) is 13.2 Å². The molecule has 10 heteroatoms. The van der Waals surface area contributed by atoms with E-state index in [1.165, 1.54) is 11.1 Å². The summed E-state index contributed by atoms with van der Waals surface area (Å²) in [6.07, 6.45) is 2.33. The Morgan fingerprint density at radius 3 is 2.91 bits per heavy atom. The van der Waals surface area contributed by atoms with Crippen molar-refractivity contribution in [3.05, 3.63) is 29.4 Å². The summed E-state index contributed by atoms with van der Waals surface area (Å²) in [5.74, 6) is 0.181. The van der Waals surface area contributed by atoms with Gasteiger partial charge in [0.2, 0.25) is 0 Å². The van der Waals surface area contributed by atoms with Gasteiger partial charge in [-0.15, -0.1) is 0 Å². The lowest BCUT2D eigenvalue weighted by atomic mass is 10.1. The topological polar surface area (TPSA) is 118 Å². The highest BCUT2D eigenvalue weighted by molar-refractivity contribution is 7.90. The Morgan fingerprint density at radius 2 is 2.26 bits per heavy atom. The number of carbonyl (C=O) groups is 1. The molecule has 0 aromatic carbocycles. The Bertz CT molecular complexity index is 825. The van der Waals surface area contributed by atoms with Gasteiger partial charge < -0.3 is 14.2 Å². The molecular formula is C13H16N4O5S. The number of rotatable bonds is 3. The predicted octanol–water partition coefficient (Wildman–Crippen LogP) is 0.323. The van der Waals surface area contributed by atoms with Crippen LogP contribution in [0.5, 0.6) is 0 Å². The van der Waals surface area contributed by atoms with Crippen LogP contribution in [0.25, 0.3) is 0 Å². The third-order valence-corrected chi connectivity index (χ3v) is 4.73. The molecular weight excluding hydrogens is 324 g/mol. The van der Waals surface area contributed by atoms with Crippen LogP contribution < -0.4 is 0 Å². The van der Waals surface area contributed by atoms with Crippen molar-refractivity contribution in [2.24, 2.45) is 0 Å². The largest absolute Gasteiger partial charge is 0.377 e. The van der Waals surface area contributed by atoms with E-state index >= 15 is 0 Å². The molecule has 1 N–H and O–H groups in total. The Balaban J connectivity index is 1.97. The molecule has 3 rings (SSSR count). The Kier molecular flexibility index (Phi) is 3.94. The van der Waals surface area contributed by atoms with Crippen molar-refractivity contribution in [1.29, 1.82) is 0 Å². The molecule has 1 aliphatic heterocycles. The van der Waals surface area contributed by atoms with Gasteiger partial charge in [-0.3, -0.25) is 9.89 Å². The number of ether oxygens (including phenoxy) is 1. The summed E-state index contributed by atoms with van der Waals surface area (Å²) in [5.41, 5.74) is 0.510. The van der Waals surface area contributed by atoms with Gasteiger partial charge in [-0.25, -0.2) is 8.42 Å². The second kappa shape index (κ2) is 5.78. The zero-order valence-electron chi connectivity index (χ0n) is 12.6. The Morgan fingerprint density at radius 1 is 1.48 bits per heavy atom. The van der Waals surface area contributed by atoms with Gasteiger partial charge in [0.05, 0.1) is 31.1 Å². The number of sulfone groups is 1. The molecule has 1 saturated heterocycles. The van der Waals surface area contributed by atoms with E-state index in [1.54, 1.807) is 13.0 Å². The van der Waals surface area contributed by atoms with Gasteiger partial charge in [-0.05, 0) is 6.92 Å². The van der Waals surface area contributed by atoms with E-state index in [0.717, 1.165) is 6.26 Å². The minimum atomic E-state index is -3.47. The Labute approximate surface area is 132 Å². The number of hydrogen-bond donors (Lipinski definition) is 1. The van der Waals surface area contributed by atoms with Gasteiger partial charge in [0, 0.05) is 18.9 Å². The molecule has 0 aliphatic carbocycles. The molecule has 2 aromatic rings. The number of aromatic nitrogens is 3. The second-order valence-electron chi connectivity index (χ2n) is 5.33. The highest BCUT2D eigenvalue weighted by atomic mass is 32.2. The van der Waals surface area contributed by atoms with Crippen molar-refractivity contribution < 1.29 is 22.5 Å². The number of aromatic amines is 1. The van der Waals surface area contributed by atoms with Crippen molar-refractivity contribution in [2.45, 2.75) is 17.9 Å². The van der Waals surface area contributed by atoms with E-state index in [2.05, 4.69) is 15.4 Å². The molecule has 9 nitrogen and oxygen atoms in total. The van der Waals surface area contributed by atoms with Gasteiger partial charge in [0.15, 0.2) is 15.5 Å². The van der Waals surface area contributed by atoms with Crippen LogP contribution in [0.1, 0.15) is 28.0 Å². The summed E-state index contributed by atoms with van der Waals surface area (Å²) < 4.78 is 34.1. The first kappa shape index (κ1) is 15.7. The molecule has 0 bridgehead atoms. The molecule has 0 radical (unpaired) electrons. The lowest BCUT2D eigenvalue weighted by Gasteiger charge is -2.34. The average molecular weight is 340 g/mol. The van der Waals surface area contributed by atoms with Crippen LogP contribution in [0.3, 0.4) is 0 Å². The molecule has 1 atom stereocenters. The van der Waals surface area contributed by atoms with Crippen LogP contribution in [-0.2, 0) is 14.6 Å². The second-order valence-corrected chi connectivity index (χ2v) is 7.32. The number of carbonyl (C=O) groups excluding carboxylic acids is 1. The van der Waals surface area contributed by atoms with Crippen LogP contribution >= 0.6 is 0 Å². The van der Waals surface area contributed by atoms with Gasteiger partial charge in [-0.2, -0.15) is 5.10 Å². The lowest BCUT2D eigenvalue weighted by molar-refractivity contribution is -0.00518. The molecule has 1 fully saturated rings. The van der Waals surface area contributed by atoms with Crippen molar-refractivity contribution in [2.75, 3.05) is 26.0 Å². The average Bonchev–Trinajstić information content (AvgIpc) is 3.14. The number of nitrogens with zero attached hydrogens (tertiary/aromatic N) is 3. The van der Waals surface area contributed by atoms with E-state index < -0.39 is 15.9 Å². The molecule has 0 spiro atoms. The first-order valence-corrected chi connectivity index (χ1v) is 8.82. The third kappa shape index (κ3) is 2.99. The summed E-state index contributed by atoms with van der Waals surface area (Å²) in [7, 11) is -3.47. The number of H-pyrrole nitrogens is 1. The minimum absolute atomic E-state index is 0.0575. The van der Waals surface area contributed by atoms with Gasteiger partial charge in [-0.1, -0.05) is 5.16 Å². The zero-order chi connectivity index (χ0) is 16.6. The zero-order valence-corrected chi connectivity index (χ0v) is 13.5. The van der Waals surface area contributed by atoms with E-state index in [0.29, 0.717) is 24.6 Å². The fourth-order valence-electron chi connectivity index (χ4n) is 2.52. The van der Waals surface area contributed by atoms with Gasteiger partial charge in [0.1, 0.15) is 10.7 Å². The summed E-state index contributed by atoms with van der Waals surface area (Å²) >= 11 is 0. The van der Waals surface area contributed by atoms with Crippen LogP contribution in [0.15, 0.2) is 21.7 Å². The highest BCUT2D eigenvalue weighted by Crippen LogP contribution is 2.29. The number of nitrogens with one attached hydrogen (secondary N) is 1. The van der Waals surface area contributed by atoms with Gasteiger partial charge in [0.25, 0.3) is 5.91 Å². The summed E-state index contributed by atoms with van der Waals surface area (Å²) in [6.45, 7) is 2.55. The standard InChI is InChI=1S/C13H16N4O5S/c1-8-5-9(16-22-8)13(18)17-3-4-21-7-10(17)12-11(6-14-15-12)23(2,19)20/h5-6,10H,3-4,7H2,1-2H3,(H,14,15)/t10-/m1/s1. The quantitative estimate of drug-likeness (QED) is 0.855. The fourth-order valence-corrected chi connectivity index (χ4v) is 3.34. The number of amides is 1. The number of aryl methyl sites for hydroxylation is 1. The van der Waals surface area contributed by atoms with Crippen LogP contribution in [0, 0.1) is 6.92 Å². The van der Waals surface area contributed by atoms with Crippen molar-refractivity contribution in [3.63, 3.8) is 0 Å². The molecule has 1 amide bonds. The SMILES string of the molecule is Cc1cc(C(=O)N2CCOC[C@@H]2c2[nH]ncc2S(C)(=O)=O)no1. The normalized spacial score (nSPS) is 19.0. The molecule has 2 aromatic heterocycles. The maximum atomic E-state index is 12.6. The third-order valence-electron chi connectivity index (χ3n) is 3.60. The fraction of sp³-hybridized carbons (Fsp3) is 0.462. The first-order chi connectivity index (χ1) is 10.9. The van der Waals surface area contributed by atoms with E-state index in [1.807, 2.05) is 0 Å². The highest BCUT2D eigenvalue weighted by Gasteiger charge is 2.34. The number of morpholine rings is 1. The molecule has 3 heterocycles. The summed E-state index contributed by atoms with van der Waals surface area (Å²) in [6, 6.07) is 0.958. The van der Waals surface area contributed by atoms with Crippen molar-refractivity contribution in [3.8, 4) is 0 Å². The van der Waals surface area contributed by atoms with E-state index in [4.69, 9.17) is 9.26 Å². The van der Waals surface area contributed by atoms with Crippen molar-refractivity contribution in [1.82, 2.24) is 20.3 Å². The monoisotopic (exact) mass is 340 g/mol. The van der Waals surface area contributed by atoms with Crippen LogP contribution in [0.4, 0.5) is 0 Å². The van der Waals surface area contributed by atoms with Gasteiger partial charge >= 0.3 is 0 Å². The molecule has 1 aliphatic rings. The maximum absolute atomic E-state index is 12.6.